The number of nitrogen functional groups attached to an aromatic ring is 1. The Balaban J connectivity index is 2.12. The maximum absolute atomic E-state index is 5.80. The van der Waals surface area contributed by atoms with Crippen molar-refractivity contribution in [1.29, 1.82) is 0 Å². The summed E-state index contributed by atoms with van der Waals surface area (Å²) in [7, 11) is 0. The number of anilines is 1. The molecule has 0 atom stereocenters. The highest BCUT2D eigenvalue weighted by molar-refractivity contribution is 5.91. The number of benzene rings is 3. The average Bonchev–Trinajstić information content (AvgIpc) is 2.55. The van der Waals surface area contributed by atoms with Gasteiger partial charge in [-0.2, -0.15) is 0 Å². The lowest BCUT2D eigenvalue weighted by Gasteiger charge is -2.09. The molecule has 1 heteroatoms. The van der Waals surface area contributed by atoms with E-state index in [1.165, 1.54) is 22.3 Å². The van der Waals surface area contributed by atoms with Crippen LogP contribution in [0.25, 0.3) is 11.6 Å². The quantitative estimate of drug-likeness (QED) is 0.534. The molecule has 0 aromatic heterocycles. The van der Waals surface area contributed by atoms with Crippen molar-refractivity contribution in [1.82, 2.24) is 0 Å². The lowest BCUT2D eigenvalue weighted by atomic mass is 9.95. The van der Waals surface area contributed by atoms with Crippen LogP contribution in [0.1, 0.15) is 16.7 Å². The van der Waals surface area contributed by atoms with Crippen molar-refractivity contribution >= 4 is 17.3 Å². The summed E-state index contributed by atoms with van der Waals surface area (Å²) in [5, 5.41) is 0. The molecular weight excluding hydrogens is 254 g/mol. The first kappa shape index (κ1) is 13.2. The number of hydrogen-bond acceptors (Lipinski definition) is 1. The molecule has 3 aromatic carbocycles. The van der Waals surface area contributed by atoms with Crippen molar-refractivity contribution in [2.75, 3.05) is 5.73 Å². The van der Waals surface area contributed by atoms with Crippen LogP contribution in [0.15, 0.2) is 84.9 Å². The Morgan fingerprint density at radius 3 is 1.76 bits per heavy atom. The summed E-state index contributed by atoms with van der Waals surface area (Å²) >= 11 is 0. The van der Waals surface area contributed by atoms with Crippen LogP contribution in [0.2, 0.25) is 0 Å². The van der Waals surface area contributed by atoms with Gasteiger partial charge in [-0.05, 0) is 40.5 Å². The molecular formula is C20H17N. The number of nitrogens with two attached hydrogens (primary N) is 1. The summed E-state index contributed by atoms with van der Waals surface area (Å²) in [5.41, 5.74) is 11.3. The van der Waals surface area contributed by atoms with E-state index < -0.39 is 0 Å². The van der Waals surface area contributed by atoms with E-state index in [0.717, 1.165) is 5.69 Å². The molecule has 102 valence electrons. The zero-order valence-corrected chi connectivity index (χ0v) is 11.7. The molecule has 0 saturated heterocycles. The van der Waals surface area contributed by atoms with Gasteiger partial charge in [0.15, 0.2) is 0 Å². The van der Waals surface area contributed by atoms with E-state index in [0.29, 0.717) is 0 Å². The topological polar surface area (TPSA) is 26.0 Å². The fourth-order valence-electron chi connectivity index (χ4n) is 2.33. The Kier molecular flexibility index (Phi) is 3.83. The molecule has 0 spiro atoms. The highest BCUT2D eigenvalue weighted by Gasteiger charge is 2.04. The summed E-state index contributed by atoms with van der Waals surface area (Å²) in [6.45, 7) is 0. The summed E-state index contributed by atoms with van der Waals surface area (Å²) in [6.07, 6.45) is 2.21. The van der Waals surface area contributed by atoms with E-state index in [1.807, 2.05) is 24.3 Å². The van der Waals surface area contributed by atoms with E-state index in [9.17, 15) is 0 Å². The normalized spacial score (nSPS) is 11.3. The fraction of sp³-hybridized carbons (Fsp3) is 0. The highest BCUT2D eigenvalue weighted by atomic mass is 14.5. The maximum Gasteiger partial charge on any atom is 0.0314 e. The number of rotatable bonds is 3. The van der Waals surface area contributed by atoms with Gasteiger partial charge < -0.3 is 5.73 Å². The molecule has 2 N–H and O–H groups in total. The zero-order chi connectivity index (χ0) is 14.5. The Morgan fingerprint density at radius 1 is 0.619 bits per heavy atom. The Hall–Kier alpha value is -2.80. The smallest absolute Gasteiger partial charge is 0.0314 e. The molecule has 0 amide bonds. The van der Waals surface area contributed by atoms with Crippen LogP contribution in [0.3, 0.4) is 0 Å². The van der Waals surface area contributed by atoms with Crippen LogP contribution in [0.4, 0.5) is 5.69 Å². The van der Waals surface area contributed by atoms with E-state index in [2.05, 4.69) is 66.7 Å². The van der Waals surface area contributed by atoms with Gasteiger partial charge >= 0.3 is 0 Å². The van der Waals surface area contributed by atoms with E-state index in [4.69, 9.17) is 5.73 Å². The molecule has 0 fully saturated rings. The second-order valence-corrected chi connectivity index (χ2v) is 4.96. The maximum atomic E-state index is 5.80. The largest absolute Gasteiger partial charge is 0.399 e. The molecule has 0 bridgehead atoms. The summed E-state index contributed by atoms with van der Waals surface area (Å²) in [6, 6.07) is 28.8. The van der Waals surface area contributed by atoms with E-state index in [1.54, 1.807) is 0 Å². The van der Waals surface area contributed by atoms with Gasteiger partial charge in [0.1, 0.15) is 0 Å². The van der Waals surface area contributed by atoms with Crippen molar-refractivity contribution in [3.63, 3.8) is 0 Å². The van der Waals surface area contributed by atoms with E-state index in [-0.39, 0.29) is 0 Å². The van der Waals surface area contributed by atoms with Gasteiger partial charge in [-0.15, -0.1) is 0 Å². The van der Waals surface area contributed by atoms with Gasteiger partial charge in [0, 0.05) is 5.69 Å². The van der Waals surface area contributed by atoms with Gasteiger partial charge in [0.2, 0.25) is 0 Å². The lowest BCUT2D eigenvalue weighted by Crippen LogP contribution is -1.90. The lowest BCUT2D eigenvalue weighted by molar-refractivity contribution is 1.55. The first-order chi connectivity index (χ1) is 10.3. The predicted octanol–water partition coefficient (Wildman–Crippen LogP) is 4.86. The fourth-order valence-corrected chi connectivity index (χ4v) is 2.33. The molecule has 0 saturated carbocycles. The molecule has 0 aliphatic rings. The van der Waals surface area contributed by atoms with Gasteiger partial charge in [-0.25, -0.2) is 0 Å². The van der Waals surface area contributed by atoms with Crippen molar-refractivity contribution < 1.29 is 0 Å². The van der Waals surface area contributed by atoms with Gasteiger partial charge in [-0.3, -0.25) is 0 Å². The SMILES string of the molecule is Nc1ccc(C(=Cc2ccccc2)c2ccccc2)cc1. The Labute approximate surface area is 125 Å². The van der Waals surface area contributed by atoms with Crippen LogP contribution in [0.5, 0.6) is 0 Å². The second-order valence-electron chi connectivity index (χ2n) is 4.96. The zero-order valence-electron chi connectivity index (χ0n) is 11.7. The Bertz CT molecular complexity index is 726. The van der Waals surface area contributed by atoms with Crippen molar-refractivity contribution in [3.8, 4) is 0 Å². The van der Waals surface area contributed by atoms with Crippen LogP contribution >= 0.6 is 0 Å². The first-order valence-electron chi connectivity index (χ1n) is 7.01. The van der Waals surface area contributed by atoms with Gasteiger partial charge in [0.05, 0.1) is 0 Å². The molecule has 0 radical (unpaired) electrons. The minimum atomic E-state index is 0.783. The third-order valence-electron chi connectivity index (χ3n) is 3.42. The van der Waals surface area contributed by atoms with Crippen LogP contribution < -0.4 is 5.73 Å². The summed E-state index contributed by atoms with van der Waals surface area (Å²) in [5.74, 6) is 0. The minimum absolute atomic E-state index is 0.783. The molecule has 21 heavy (non-hydrogen) atoms. The molecule has 0 aliphatic heterocycles. The summed E-state index contributed by atoms with van der Waals surface area (Å²) < 4.78 is 0. The number of hydrogen-bond donors (Lipinski definition) is 1. The van der Waals surface area contributed by atoms with Crippen LogP contribution in [0, 0.1) is 0 Å². The van der Waals surface area contributed by atoms with Gasteiger partial charge in [-0.1, -0.05) is 72.8 Å². The van der Waals surface area contributed by atoms with Crippen LogP contribution in [-0.2, 0) is 0 Å². The highest BCUT2D eigenvalue weighted by Crippen LogP contribution is 2.26. The average molecular weight is 271 g/mol. The molecule has 0 heterocycles. The second kappa shape index (κ2) is 6.10. The molecule has 0 unspecified atom stereocenters. The third-order valence-corrected chi connectivity index (χ3v) is 3.42. The van der Waals surface area contributed by atoms with Crippen molar-refractivity contribution in [3.05, 3.63) is 102 Å². The molecule has 1 nitrogen and oxygen atoms in total. The molecule has 3 aromatic rings. The van der Waals surface area contributed by atoms with E-state index >= 15 is 0 Å². The van der Waals surface area contributed by atoms with Gasteiger partial charge in [0.25, 0.3) is 0 Å². The molecule has 0 aliphatic carbocycles. The monoisotopic (exact) mass is 271 g/mol. The Morgan fingerprint density at radius 2 is 1.14 bits per heavy atom. The van der Waals surface area contributed by atoms with Crippen LogP contribution in [-0.4, -0.2) is 0 Å². The predicted molar refractivity (Wildman–Crippen MR) is 90.7 cm³/mol. The van der Waals surface area contributed by atoms with Crippen molar-refractivity contribution in [2.45, 2.75) is 0 Å². The third kappa shape index (κ3) is 3.21. The first-order valence-corrected chi connectivity index (χ1v) is 7.01. The van der Waals surface area contributed by atoms with Crippen molar-refractivity contribution in [2.24, 2.45) is 0 Å². The molecule has 3 rings (SSSR count). The minimum Gasteiger partial charge on any atom is -0.399 e. The standard InChI is InChI=1S/C20H17N/c21-19-13-11-18(12-14-19)20(17-9-5-2-6-10-17)15-16-7-3-1-4-8-16/h1-15H,21H2. The summed E-state index contributed by atoms with van der Waals surface area (Å²) in [4.78, 5) is 0.